The molecule has 0 saturated heterocycles. The Bertz CT molecular complexity index is 539. The van der Waals surface area contributed by atoms with Gasteiger partial charge in [-0.25, -0.2) is 4.98 Å². The summed E-state index contributed by atoms with van der Waals surface area (Å²) >= 11 is 4.92. The van der Waals surface area contributed by atoms with Crippen LogP contribution in [0.1, 0.15) is 24.8 Å². The van der Waals surface area contributed by atoms with Crippen molar-refractivity contribution in [3.8, 4) is 0 Å². The van der Waals surface area contributed by atoms with E-state index in [1.165, 1.54) is 0 Å². The zero-order valence-electron chi connectivity index (χ0n) is 10.8. The third-order valence-electron chi connectivity index (χ3n) is 2.80. The highest BCUT2D eigenvalue weighted by atomic mass is 32.1. The fourth-order valence-corrected chi connectivity index (χ4v) is 1.90. The molecule has 1 atom stereocenters. The number of nitrogens with two attached hydrogens (primary N) is 1. The highest BCUT2D eigenvalue weighted by Crippen LogP contribution is 2.11. The first-order valence-corrected chi connectivity index (χ1v) is 6.62. The zero-order valence-corrected chi connectivity index (χ0v) is 11.6. The summed E-state index contributed by atoms with van der Waals surface area (Å²) in [6.45, 7) is 2.11. The fraction of sp³-hybridized carbons (Fsp3) is 0.286. The topological polar surface area (TPSA) is 64.1 Å². The van der Waals surface area contributed by atoms with Gasteiger partial charge in [0.2, 0.25) is 0 Å². The van der Waals surface area contributed by atoms with Crippen molar-refractivity contribution < 1.29 is 4.42 Å². The third-order valence-corrected chi connectivity index (χ3v) is 3.01. The van der Waals surface area contributed by atoms with Crippen molar-refractivity contribution >= 4 is 23.0 Å². The minimum absolute atomic E-state index is 0.291. The van der Waals surface area contributed by atoms with Crippen LogP contribution in [-0.2, 0) is 6.42 Å². The Morgan fingerprint density at radius 3 is 2.95 bits per heavy atom. The van der Waals surface area contributed by atoms with Crippen molar-refractivity contribution in [3.05, 3.63) is 48.0 Å². The molecule has 5 heteroatoms. The Kier molecular flexibility index (Phi) is 4.52. The molecule has 0 aliphatic heterocycles. The van der Waals surface area contributed by atoms with E-state index in [4.69, 9.17) is 22.4 Å². The van der Waals surface area contributed by atoms with Gasteiger partial charge in [0.1, 0.15) is 16.6 Å². The van der Waals surface area contributed by atoms with Crippen LogP contribution in [0.25, 0.3) is 0 Å². The van der Waals surface area contributed by atoms with Crippen molar-refractivity contribution in [1.82, 2.24) is 4.98 Å². The van der Waals surface area contributed by atoms with Crippen LogP contribution in [0, 0.1) is 0 Å². The SMILES string of the molecule is CC(CCc1ccco1)Nc1cccc(C(N)=S)n1. The minimum Gasteiger partial charge on any atom is -0.469 e. The summed E-state index contributed by atoms with van der Waals surface area (Å²) in [4.78, 5) is 4.67. The van der Waals surface area contributed by atoms with E-state index in [2.05, 4.69) is 17.2 Å². The van der Waals surface area contributed by atoms with Gasteiger partial charge >= 0.3 is 0 Å². The Hall–Kier alpha value is -1.88. The first-order chi connectivity index (χ1) is 9.15. The van der Waals surface area contributed by atoms with E-state index in [0.29, 0.717) is 16.7 Å². The van der Waals surface area contributed by atoms with E-state index in [0.717, 1.165) is 24.4 Å². The Balaban J connectivity index is 1.89. The maximum Gasteiger partial charge on any atom is 0.126 e. The summed E-state index contributed by atoms with van der Waals surface area (Å²) in [7, 11) is 0. The van der Waals surface area contributed by atoms with Gasteiger partial charge in [0.25, 0.3) is 0 Å². The lowest BCUT2D eigenvalue weighted by Crippen LogP contribution is -2.18. The fourth-order valence-electron chi connectivity index (χ4n) is 1.79. The van der Waals surface area contributed by atoms with Gasteiger partial charge in [-0.1, -0.05) is 18.3 Å². The summed E-state index contributed by atoms with van der Waals surface area (Å²) in [6.07, 6.45) is 3.56. The summed E-state index contributed by atoms with van der Waals surface area (Å²) in [5, 5.41) is 3.33. The van der Waals surface area contributed by atoms with Crippen LogP contribution in [0.3, 0.4) is 0 Å². The maximum absolute atomic E-state index is 5.57. The number of hydrogen-bond donors (Lipinski definition) is 2. The highest BCUT2D eigenvalue weighted by Gasteiger charge is 2.06. The van der Waals surface area contributed by atoms with Crippen molar-refractivity contribution in [2.45, 2.75) is 25.8 Å². The number of nitrogens with zero attached hydrogens (tertiary/aromatic N) is 1. The molecule has 0 aromatic carbocycles. The molecule has 2 aromatic heterocycles. The number of aryl methyl sites for hydroxylation is 1. The van der Waals surface area contributed by atoms with Crippen molar-refractivity contribution in [2.24, 2.45) is 5.73 Å². The van der Waals surface area contributed by atoms with E-state index < -0.39 is 0 Å². The third kappa shape index (κ3) is 4.06. The number of thiocarbonyl (C=S) groups is 1. The van der Waals surface area contributed by atoms with Crippen LogP contribution >= 0.6 is 12.2 Å². The zero-order chi connectivity index (χ0) is 13.7. The molecule has 0 amide bonds. The average Bonchev–Trinajstić information content (AvgIpc) is 2.90. The van der Waals surface area contributed by atoms with Crippen LogP contribution in [0.4, 0.5) is 5.82 Å². The van der Waals surface area contributed by atoms with Crippen molar-refractivity contribution in [2.75, 3.05) is 5.32 Å². The van der Waals surface area contributed by atoms with Gasteiger partial charge in [-0.2, -0.15) is 0 Å². The molecule has 2 heterocycles. The number of rotatable bonds is 6. The first-order valence-electron chi connectivity index (χ1n) is 6.21. The van der Waals surface area contributed by atoms with Gasteiger partial charge < -0.3 is 15.5 Å². The number of pyridine rings is 1. The minimum atomic E-state index is 0.291. The van der Waals surface area contributed by atoms with E-state index in [1.54, 1.807) is 12.3 Å². The number of furan rings is 1. The van der Waals surface area contributed by atoms with Gasteiger partial charge in [-0.05, 0) is 37.6 Å². The molecule has 0 bridgehead atoms. The average molecular weight is 275 g/mol. The number of hydrogen-bond acceptors (Lipinski definition) is 4. The van der Waals surface area contributed by atoms with Crippen LogP contribution in [-0.4, -0.2) is 16.0 Å². The van der Waals surface area contributed by atoms with Crippen molar-refractivity contribution in [3.63, 3.8) is 0 Å². The molecule has 0 fully saturated rings. The predicted molar refractivity (Wildman–Crippen MR) is 80.2 cm³/mol. The van der Waals surface area contributed by atoms with Gasteiger partial charge in [-0.3, -0.25) is 0 Å². The second-order valence-electron chi connectivity index (χ2n) is 4.44. The molecule has 0 radical (unpaired) electrons. The van der Waals surface area contributed by atoms with E-state index >= 15 is 0 Å². The lowest BCUT2D eigenvalue weighted by molar-refractivity contribution is 0.495. The molecule has 2 aromatic rings. The molecule has 0 aliphatic rings. The molecule has 19 heavy (non-hydrogen) atoms. The normalized spacial score (nSPS) is 12.1. The van der Waals surface area contributed by atoms with Gasteiger partial charge in [0, 0.05) is 12.5 Å². The first kappa shape index (κ1) is 13.5. The van der Waals surface area contributed by atoms with Gasteiger partial charge in [0.15, 0.2) is 0 Å². The molecule has 2 rings (SSSR count). The molecule has 100 valence electrons. The molecule has 0 aliphatic carbocycles. The molecule has 4 nitrogen and oxygen atoms in total. The molecular formula is C14H17N3OS. The number of anilines is 1. The Labute approximate surface area is 118 Å². The van der Waals surface area contributed by atoms with Crippen LogP contribution in [0.2, 0.25) is 0 Å². The standard InChI is InChI=1S/C14H17N3OS/c1-10(7-8-11-4-3-9-18-11)16-13-6-2-5-12(17-13)14(15)19/h2-6,9-10H,7-8H2,1H3,(H2,15,19)(H,16,17). The smallest absolute Gasteiger partial charge is 0.126 e. The molecule has 1 unspecified atom stereocenters. The van der Waals surface area contributed by atoms with E-state index in [-0.39, 0.29) is 0 Å². The van der Waals surface area contributed by atoms with Crippen molar-refractivity contribution in [1.29, 1.82) is 0 Å². The largest absolute Gasteiger partial charge is 0.469 e. The summed E-state index contributed by atoms with van der Waals surface area (Å²) < 4.78 is 5.31. The monoisotopic (exact) mass is 275 g/mol. The molecular weight excluding hydrogens is 258 g/mol. The van der Waals surface area contributed by atoms with Crippen LogP contribution < -0.4 is 11.1 Å². The highest BCUT2D eigenvalue weighted by molar-refractivity contribution is 7.80. The summed E-state index contributed by atoms with van der Waals surface area (Å²) in [5.74, 6) is 1.79. The van der Waals surface area contributed by atoms with Gasteiger partial charge in [0.05, 0.1) is 12.0 Å². The lowest BCUT2D eigenvalue weighted by atomic mass is 10.1. The number of nitrogens with one attached hydrogen (secondary N) is 1. The maximum atomic E-state index is 5.57. The molecule has 3 N–H and O–H groups in total. The van der Waals surface area contributed by atoms with E-state index in [1.807, 2.05) is 24.3 Å². The quantitative estimate of drug-likeness (QED) is 0.794. The second kappa shape index (κ2) is 6.33. The second-order valence-corrected chi connectivity index (χ2v) is 4.88. The lowest BCUT2D eigenvalue weighted by Gasteiger charge is -2.14. The molecule has 0 spiro atoms. The van der Waals surface area contributed by atoms with Crippen LogP contribution in [0.5, 0.6) is 0 Å². The summed E-state index contributed by atoms with van der Waals surface area (Å²) in [6, 6.07) is 9.79. The van der Waals surface area contributed by atoms with Gasteiger partial charge in [-0.15, -0.1) is 0 Å². The molecule has 0 saturated carbocycles. The summed E-state index contributed by atoms with van der Waals surface area (Å²) in [5.41, 5.74) is 6.20. The predicted octanol–water partition coefficient (Wildman–Crippen LogP) is 2.74. The van der Waals surface area contributed by atoms with E-state index in [9.17, 15) is 0 Å². The Morgan fingerprint density at radius 1 is 1.42 bits per heavy atom. The Morgan fingerprint density at radius 2 is 2.26 bits per heavy atom. The number of aromatic nitrogens is 1. The van der Waals surface area contributed by atoms with Crippen LogP contribution in [0.15, 0.2) is 41.0 Å².